The van der Waals surface area contributed by atoms with Crippen molar-refractivity contribution >= 4 is 72.4 Å². The van der Waals surface area contributed by atoms with Crippen molar-refractivity contribution in [3.8, 4) is 5.75 Å². The second kappa shape index (κ2) is 11.4. The molecule has 1 aliphatic rings. The van der Waals surface area contributed by atoms with Gasteiger partial charge in [0.25, 0.3) is 11.1 Å². The number of amides is 3. The molecule has 0 aliphatic carbocycles. The van der Waals surface area contributed by atoms with Gasteiger partial charge in [-0.25, -0.2) is 8.78 Å². The second-order valence-corrected chi connectivity index (χ2v) is 10.2. The Hall–Kier alpha value is -3.02. The number of ether oxygens (including phenoxy) is 1. The van der Waals surface area contributed by atoms with Crippen LogP contribution in [0.5, 0.6) is 5.75 Å². The molecule has 0 spiro atoms. The molecule has 4 rings (SSSR count). The summed E-state index contributed by atoms with van der Waals surface area (Å²) >= 11 is 7.56. The van der Waals surface area contributed by atoms with Crippen LogP contribution in [0.4, 0.5) is 19.3 Å². The topological polar surface area (TPSA) is 75.7 Å². The number of nitrogens with zero attached hydrogens (tertiary/aromatic N) is 1. The number of thioether (sulfide) groups is 1. The number of rotatable bonds is 7. The summed E-state index contributed by atoms with van der Waals surface area (Å²) in [6.07, 6.45) is 1.53. The Kier molecular flexibility index (Phi) is 8.22. The van der Waals surface area contributed by atoms with Crippen LogP contribution in [0.25, 0.3) is 6.08 Å². The highest BCUT2D eigenvalue weighted by atomic mass is 79.9. The first-order valence-corrected chi connectivity index (χ1v) is 12.8. The lowest BCUT2D eigenvalue weighted by Gasteiger charge is -2.13. The van der Waals surface area contributed by atoms with Crippen LogP contribution in [-0.4, -0.2) is 28.5 Å². The Morgan fingerprint density at radius 3 is 2.36 bits per heavy atom. The molecule has 0 unspecified atom stereocenters. The molecule has 1 saturated heterocycles. The normalized spacial score (nSPS) is 14.4. The van der Waals surface area contributed by atoms with Crippen LogP contribution in [0.3, 0.4) is 0 Å². The summed E-state index contributed by atoms with van der Waals surface area (Å²) in [4.78, 5) is 38.4. The van der Waals surface area contributed by atoms with Gasteiger partial charge in [0.1, 0.15) is 30.5 Å². The zero-order valence-electron chi connectivity index (χ0n) is 18.3. The van der Waals surface area contributed by atoms with Crippen LogP contribution in [0.1, 0.15) is 11.1 Å². The Bertz CT molecular complexity index is 1360. The molecule has 1 fully saturated rings. The number of hydrogen-bond donors (Lipinski definition) is 1. The SMILES string of the molecule is O=C(CN1C(=O)S/C(=C\c2cc(Br)c(OCc3ccccc3F)c(Br)c2)C1=O)Nc1ccc(F)cc1. The summed E-state index contributed by atoms with van der Waals surface area (Å²) in [5.74, 6) is -1.57. The van der Waals surface area contributed by atoms with Gasteiger partial charge in [-0.05, 0) is 97.7 Å². The zero-order valence-corrected chi connectivity index (χ0v) is 22.3. The van der Waals surface area contributed by atoms with Crippen LogP contribution in [0, 0.1) is 11.6 Å². The van der Waals surface area contributed by atoms with Gasteiger partial charge in [-0.1, -0.05) is 18.2 Å². The van der Waals surface area contributed by atoms with Crippen molar-refractivity contribution < 1.29 is 27.9 Å². The van der Waals surface area contributed by atoms with Crippen molar-refractivity contribution in [2.75, 3.05) is 11.9 Å². The molecule has 36 heavy (non-hydrogen) atoms. The van der Waals surface area contributed by atoms with Crippen molar-refractivity contribution in [3.63, 3.8) is 0 Å². The van der Waals surface area contributed by atoms with Crippen molar-refractivity contribution in [3.05, 3.63) is 97.3 Å². The number of halogens is 4. The Morgan fingerprint density at radius 1 is 1.03 bits per heavy atom. The predicted octanol–water partition coefficient (Wildman–Crippen LogP) is 6.74. The maximum atomic E-state index is 13.9. The molecule has 3 aromatic carbocycles. The zero-order chi connectivity index (χ0) is 25.8. The first-order chi connectivity index (χ1) is 17.2. The summed E-state index contributed by atoms with van der Waals surface area (Å²) in [6.45, 7) is -0.461. The van der Waals surface area contributed by atoms with E-state index in [1.165, 1.54) is 36.4 Å². The molecule has 0 aromatic heterocycles. The van der Waals surface area contributed by atoms with E-state index in [-0.39, 0.29) is 17.3 Å². The number of nitrogens with one attached hydrogen (secondary N) is 1. The van der Waals surface area contributed by atoms with Gasteiger partial charge in [0.2, 0.25) is 5.91 Å². The third kappa shape index (κ3) is 6.21. The summed E-state index contributed by atoms with van der Waals surface area (Å²) in [5.41, 5.74) is 1.33. The standard InChI is InChI=1S/C25H16Br2F2N2O4S/c26-18-9-14(10-19(27)23(18)35-13-15-3-1-2-4-20(15)29)11-21-24(33)31(25(34)36-21)12-22(32)30-17-7-5-16(28)6-8-17/h1-11H,12-13H2,(H,30,32)/b21-11-. The largest absolute Gasteiger partial charge is 0.486 e. The highest BCUT2D eigenvalue weighted by Crippen LogP contribution is 2.38. The van der Waals surface area contributed by atoms with E-state index in [0.717, 1.165) is 16.7 Å². The Balaban J connectivity index is 1.44. The van der Waals surface area contributed by atoms with Crippen LogP contribution < -0.4 is 10.1 Å². The third-order valence-corrected chi connectivity index (χ3v) is 7.04. The lowest BCUT2D eigenvalue weighted by atomic mass is 10.2. The van der Waals surface area contributed by atoms with Gasteiger partial charge < -0.3 is 10.1 Å². The lowest BCUT2D eigenvalue weighted by Crippen LogP contribution is -2.36. The quantitative estimate of drug-likeness (QED) is 0.290. The average Bonchev–Trinajstić information content (AvgIpc) is 3.08. The van der Waals surface area contributed by atoms with Crippen LogP contribution >= 0.6 is 43.6 Å². The summed E-state index contributed by atoms with van der Waals surface area (Å²) in [5, 5.41) is 1.94. The number of imide groups is 1. The van der Waals surface area contributed by atoms with E-state index < -0.39 is 29.4 Å². The molecule has 1 aliphatic heterocycles. The molecule has 0 radical (unpaired) electrons. The molecule has 0 atom stereocenters. The van der Waals surface area contributed by atoms with Gasteiger partial charge in [-0.3, -0.25) is 19.3 Å². The minimum Gasteiger partial charge on any atom is -0.486 e. The van der Waals surface area contributed by atoms with Gasteiger partial charge in [-0.15, -0.1) is 0 Å². The Labute approximate surface area is 226 Å². The van der Waals surface area contributed by atoms with Gasteiger partial charge in [0.15, 0.2) is 0 Å². The van der Waals surface area contributed by atoms with E-state index in [1.807, 2.05) is 0 Å². The second-order valence-electron chi connectivity index (χ2n) is 7.52. The molecular weight excluding hydrogens is 622 g/mol. The number of hydrogen-bond acceptors (Lipinski definition) is 5. The maximum absolute atomic E-state index is 13.9. The molecule has 0 saturated carbocycles. The minimum atomic E-state index is -0.605. The molecule has 1 heterocycles. The first-order valence-electron chi connectivity index (χ1n) is 10.4. The monoisotopic (exact) mass is 636 g/mol. The van der Waals surface area contributed by atoms with Crippen molar-refractivity contribution in [1.29, 1.82) is 0 Å². The van der Waals surface area contributed by atoms with E-state index in [0.29, 0.717) is 31.5 Å². The van der Waals surface area contributed by atoms with Crippen LogP contribution in [-0.2, 0) is 16.2 Å². The first kappa shape index (κ1) is 26.1. The van der Waals surface area contributed by atoms with E-state index in [1.54, 1.807) is 30.3 Å². The number of anilines is 1. The lowest BCUT2D eigenvalue weighted by molar-refractivity contribution is -0.127. The van der Waals surface area contributed by atoms with E-state index >= 15 is 0 Å². The van der Waals surface area contributed by atoms with Crippen molar-refractivity contribution in [2.45, 2.75) is 6.61 Å². The van der Waals surface area contributed by atoms with E-state index in [2.05, 4.69) is 37.2 Å². The number of carbonyl (C=O) groups excluding carboxylic acids is 3. The number of benzene rings is 3. The van der Waals surface area contributed by atoms with Gasteiger partial charge >= 0.3 is 0 Å². The van der Waals surface area contributed by atoms with Gasteiger partial charge in [0.05, 0.1) is 13.9 Å². The molecule has 3 aromatic rings. The van der Waals surface area contributed by atoms with E-state index in [9.17, 15) is 23.2 Å². The molecular formula is C25H16Br2F2N2O4S. The molecule has 3 amide bonds. The van der Waals surface area contributed by atoms with E-state index in [4.69, 9.17) is 4.74 Å². The maximum Gasteiger partial charge on any atom is 0.294 e. The molecule has 0 bridgehead atoms. The third-order valence-electron chi connectivity index (χ3n) is 4.95. The summed E-state index contributed by atoms with van der Waals surface area (Å²) in [7, 11) is 0. The fraction of sp³-hybridized carbons (Fsp3) is 0.0800. The summed E-state index contributed by atoms with van der Waals surface area (Å²) < 4.78 is 33.8. The van der Waals surface area contributed by atoms with Crippen molar-refractivity contribution in [2.24, 2.45) is 0 Å². The average molecular weight is 638 g/mol. The van der Waals surface area contributed by atoms with Gasteiger partial charge in [0, 0.05) is 11.3 Å². The van der Waals surface area contributed by atoms with Crippen LogP contribution in [0.2, 0.25) is 0 Å². The molecule has 6 nitrogen and oxygen atoms in total. The Morgan fingerprint density at radius 2 is 1.69 bits per heavy atom. The van der Waals surface area contributed by atoms with Crippen molar-refractivity contribution in [1.82, 2.24) is 4.90 Å². The fourth-order valence-corrected chi connectivity index (χ4v) is 5.52. The number of carbonyl (C=O) groups is 3. The minimum absolute atomic E-state index is 0.0160. The highest BCUT2D eigenvalue weighted by Gasteiger charge is 2.36. The van der Waals surface area contributed by atoms with Gasteiger partial charge in [-0.2, -0.15) is 0 Å². The predicted molar refractivity (Wildman–Crippen MR) is 140 cm³/mol. The smallest absolute Gasteiger partial charge is 0.294 e. The highest BCUT2D eigenvalue weighted by molar-refractivity contribution is 9.11. The molecule has 1 N–H and O–H groups in total. The molecule has 11 heteroatoms. The summed E-state index contributed by atoms with van der Waals surface area (Å²) in [6, 6.07) is 14.8. The molecule has 184 valence electrons. The van der Waals surface area contributed by atoms with Crippen LogP contribution in [0.15, 0.2) is 74.5 Å². The fourth-order valence-electron chi connectivity index (χ4n) is 3.23.